The number of hydrogen-bond acceptors (Lipinski definition) is 4. The fourth-order valence-electron chi connectivity index (χ4n) is 1.37. The molecular formula is C11H11N3OS. The number of aromatic nitrogens is 3. The van der Waals surface area contributed by atoms with E-state index < -0.39 is 0 Å². The molecule has 0 aromatic carbocycles. The highest BCUT2D eigenvalue weighted by Gasteiger charge is 2.03. The van der Waals surface area contributed by atoms with Crippen molar-refractivity contribution in [2.45, 2.75) is 5.75 Å². The lowest BCUT2D eigenvalue weighted by Crippen LogP contribution is -2.09. The zero-order chi connectivity index (χ0) is 11.4. The number of aromatic amines is 1. The Morgan fingerprint density at radius 1 is 1.50 bits per heavy atom. The third-order valence-corrected chi connectivity index (χ3v) is 2.61. The summed E-state index contributed by atoms with van der Waals surface area (Å²) in [6.07, 6.45) is 5.35. The van der Waals surface area contributed by atoms with Crippen LogP contribution in [0.4, 0.5) is 0 Å². The second-order valence-electron chi connectivity index (χ2n) is 3.26. The molecule has 0 aliphatic carbocycles. The summed E-state index contributed by atoms with van der Waals surface area (Å²) in [7, 11) is 0. The molecule has 0 aliphatic heterocycles. The van der Waals surface area contributed by atoms with Crippen LogP contribution in [0.1, 0.15) is 5.69 Å². The molecule has 4 nitrogen and oxygen atoms in total. The summed E-state index contributed by atoms with van der Waals surface area (Å²) >= 11 is 1.64. The largest absolute Gasteiger partial charge is 0.306 e. The average Bonchev–Trinajstić information content (AvgIpc) is 2.30. The Balaban J connectivity index is 2.45. The molecule has 0 saturated heterocycles. The molecule has 0 aliphatic rings. The maximum atomic E-state index is 11.4. The Labute approximate surface area is 97.2 Å². The summed E-state index contributed by atoms with van der Waals surface area (Å²) in [4.78, 5) is 22.5. The summed E-state index contributed by atoms with van der Waals surface area (Å²) in [5, 5.41) is 0. The van der Waals surface area contributed by atoms with Gasteiger partial charge < -0.3 is 4.98 Å². The molecule has 0 amide bonds. The van der Waals surface area contributed by atoms with Crippen LogP contribution < -0.4 is 5.56 Å². The van der Waals surface area contributed by atoms with Crippen LogP contribution in [0.25, 0.3) is 11.4 Å². The van der Waals surface area contributed by atoms with E-state index >= 15 is 0 Å². The molecule has 2 aromatic rings. The van der Waals surface area contributed by atoms with Crippen molar-refractivity contribution in [1.82, 2.24) is 15.0 Å². The minimum atomic E-state index is -0.127. The van der Waals surface area contributed by atoms with E-state index in [1.807, 2.05) is 18.4 Å². The number of nitrogens with one attached hydrogen (secondary N) is 1. The fourth-order valence-corrected chi connectivity index (χ4v) is 1.81. The van der Waals surface area contributed by atoms with Gasteiger partial charge in [-0.1, -0.05) is 0 Å². The van der Waals surface area contributed by atoms with Crippen molar-refractivity contribution < 1.29 is 0 Å². The molecule has 0 fully saturated rings. The lowest BCUT2D eigenvalue weighted by Gasteiger charge is -2.02. The van der Waals surface area contributed by atoms with Gasteiger partial charge in [0, 0.05) is 29.8 Å². The lowest BCUT2D eigenvalue weighted by atomic mass is 10.2. The lowest BCUT2D eigenvalue weighted by molar-refractivity contribution is 1.06. The van der Waals surface area contributed by atoms with Gasteiger partial charge in [-0.15, -0.1) is 0 Å². The van der Waals surface area contributed by atoms with E-state index in [0.29, 0.717) is 5.82 Å². The second-order valence-corrected chi connectivity index (χ2v) is 4.13. The molecule has 2 rings (SSSR count). The van der Waals surface area contributed by atoms with Crippen LogP contribution in [-0.2, 0) is 5.75 Å². The summed E-state index contributed by atoms with van der Waals surface area (Å²) in [6.45, 7) is 0. The number of H-pyrrole nitrogens is 1. The average molecular weight is 233 g/mol. The molecule has 2 heterocycles. The molecular weight excluding hydrogens is 222 g/mol. The SMILES string of the molecule is CSCc1cc(=O)[nH]c(-c2cccnc2)n1. The molecule has 82 valence electrons. The monoisotopic (exact) mass is 233 g/mol. The van der Waals surface area contributed by atoms with E-state index in [1.165, 1.54) is 6.07 Å². The molecule has 1 N–H and O–H groups in total. The van der Waals surface area contributed by atoms with E-state index in [0.717, 1.165) is 17.0 Å². The van der Waals surface area contributed by atoms with Gasteiger partial charge in [-0.2, -0.15) is 11.8 Å². The van der Waals surface area contributed by atoms with E-state index in [9.17, 15) is 4.79 Å². The first kappa shape index (κ1) is 10.9. The minimum absolute atomic E-state index is 0.127. The third-order valence-electron chi connectivity index (χ3n) is 2.02. The van der Waals surface area contributed by atoms with Gasteiger partial charge in [0.2, 0.25) is 0 Å². The summed E-state index contributed by atoms with van der Waals surface area (Å²) in [6, 6.07) is 5.21. The van der Waals surface area contributed by atoms with Crippen molar-refractivity contribution in [1.29, 1.82) is 0 Å². The Morgan fingerprint density at radius 3 is 3.06 bits per heavy atom. The van der Waals surface area contributed by atoms with Gasteiger partial charge in [0.1, 0.15) is 5.82 Å². The van der Waals surface area contributed by atoms with Gasteiger partial charge in [0.15, 0.2) is 0 Å². The van der Waals surface area contributed by atoms with Crippen LogP contribution in [0.15, 0.2) is 35.4 Å². The minimum Gasteiger partial charge on any atom is -0.306 e. The van der Waals surface area contributed by atoms with Crippen LogP contribution in [-0.4, -0.2) is 21.2 Å². The zero-order valence-electron chi connectivity index (χ0n) is 8.80. The van der Waals surface area contributed by atoms with Crippen LogP contribution in [0.5, 0.6) is 0 Å². The van der Waals surface area contributed by atoms with Crippen LogP contribution in [0, 0.1) is 0 Å². The Morgan fingerprint density at radius 2 is 2.38 bits per heavy atom. The second kappa shape index (κ2) is 4.94. The molecule has 0 radical (unpaired) electrons. The predicted octanol–water partition coefficient (Wildman–Crippen LogP) is 1.69. The quantitative estimate of drug-likeness (QED) is 0.876. The number of rotatable bonds is 3. The van der Waals surface area contributed by atoms with Gasteiger partial charge in [0.25, 0.3) is 5.56 Å². The highest BCUT2D eigenvalue weighted by Crippen LogP contribution is 2.12. The van der Waals surface area contributed by atoms with Gasteiger partial charge in [0.05, 0.1) is 5.69 Å². The van der Waals surface area contributed by atoms with Crippen LogP contribution in [0.3, 0.4) is 0 Å². The van der Waals surface area contributed by atoms with Gasteiger partial charge in [-0.05, 0) is 18.4 Å². The summed E-state index contributed by atoms with van der Waals surface area (Å²) < 4.78 is 0. The van der Waals surface area contributed by atoms with Crippen molar-refractivity contribution in [3.05, 3.63) is 46.6 Å². The highest BCUT2D eigenvalue weighted by atomic mass is 32.2. The van der Waals surface area contributed by atoms with E-state index in [2.05, 4.69) is 15.0 Å². The van der Waals surface area contributed by atoms with Gasteiger partial charge in [-0.3, -0.25) is 9.78 Å². The maximum Gasteiger partial charge on any atom is 0.251 e. The van der Waals surface area contributed by atoms with Crippen molar-refractivity contribution in [2.24, 2.45) is 0 Å². The highest BCUT2D eigenvalue weighted by molar-refractivity contribution is 7.97. The van der Waals surface area contributed by atoms with E-state index in [1.54, 1.807) is 24.2 Å². The number of pyridine rings is 1. The van der Waals surface area contributed by atoms with Gasteiger partial charge >= 0.3 is 0 Å². The van der Waals surface area contributed by atoms with Gasteiger partial charge in [-0.25, -0.2) is 4.98 Å². The first-order valence-corrected chi connectivity index (χ1v) is 6.18. The van der Waals surface area contributed by atoms with Crippen molar-refractivity contribution in [2.75, 3.05) is 6.26 Å². The Kier molecular flexibility index (Phi) is 3.36. The summed E-state index contributed by atoms with van der Waals surface area (Å²) in [5.41, 5.74) is 1.48. The van der Waals surface area contributed by atoms with Crippen molar-refractivity contribution >= 4 is 11.8 Å². The molecule has 0 bridgehead atoms. The standard InChI is InChI=1S/C11H11N3OS/c1-16-7-9-5-10(15)14-11(13-9)8-3-2-4-12-6-8/h2-6H,7H2,1H3,(H,13,14,15). The zero-order valence-corrected chi connectivity index (χ0v) is 9.62. The van der Waals surface area contributed by atoms with Crippen molar-refractivity contribution in [3.8, 4) is 11.4 Å². The Hall–Kier alpha value is -1.62. The normalized spacial score (nSPS) is 10.3. The molecule has 0 saturated carbocycles. The van der Waals surface area contributed by atoms with E-state index in [-0.39, 0.29) is 5.56 Å². The number of thioether (sulfide) groups is 1. The first-order valence-electron chi connectivity index (χ1n) is 4.79. The topological polar surface area (TPSA) is 58.6 Å². The van der Waals surface area contributed by atoms with Crippen LogP contribution >= 0.6 is 11.8 Å². The molecule has 0 unspecified atom stereocenters. The molecule has 5 heteroatoms. The van der Waals surface area contributed by atoms with Crippen LogP contribution in [0.2, 0.25) is 0 Å². The van der Waals surface area contributed by atoms with Crippen molar-refractivity contribution in [3.63, 3.8) is 0 Å². The smallest absolute Gasteiger partial charge is 0.251 e. The maximum absolute atomic E-state index is 11.4. The molecule has 0 spiro atoms. The third kappa shape index (κ3) is 2.49. The number of nitrogens with zero attached hydrogens (tertiary/aromatic N) is 2. The molecule has 0 atom stereocenters. The molecule has 16 heavy (non-hydrogen) atoms. The fraction of sp³-hybridized carbons (Fsp3) is 0.182. The number of hydrogen-bond donors (Lipinski definition) is 1. The predicted molar refractivity (Wildman–Crippen MR) is 65.3 cm³/mol. The Bertz CT molecular complexity index is 524. The molecule has 2 aromatic heterocycles. The first-order chi connectivity index (χ1) is 7.79. The van der Waals surface area contributed by atoms with E-state index in [4.69, 9.17) is 0 Å². The summed E-state index contributed by atoms with van der Waals surface area (Å²) in [5.74, 6) is 1.31.